The van der Waals surface area contributed by atoms with E-state index in [0.717, 1.165) is 29.4 Å². The highest BCUT2D eigenvalue weighted by Gasteiger charge is 2.38. The highest BCUT2D eigenvalue weighted by molar-refractivity contribution is 5.65. The molecule has 0 unspecified atom stereocenters. The summed E-state index contributed by atoms with van der Waals surface area (Å²) in [6, 6.07) is 6.51. The number of aromatic nitrogens is 6. The van der Waals surface area contributed by atoms with Crippen LogP contribution in [0.15, 0.2) is 36.9 Å². The zero-order valence-electron chi connectivity index (χ0n) is 14.8. The van der Waals surface area contributed by atoms with Gasteiger partial charge in [0.05, 0.1) is 12.2 Å². The summed E-state index contributed by atoms with van der Waals surface area (Å²) in [6.07, 6.45) is 11.4. The minimum absolute atomic E-state index is 0.194. The quantitative estimate of drug-likeness (QED) is 0.723. The molecule has 1 fully saturated rings. The lowest BCUT2D eigenvalue weighted by Gasteiger charge is -2.40. The van der Waals surface area contributed by atoms with Gasteiger partial charge in [0.1, 0.15) is 17.7 Å². The third kappa shape index (κ3) is 2.30. The van der Waals surface area contributed by atoms with Gasteiger partial charge in [0.15, 0.2) is 17.5 Å². The molecule has 1 saturated carbocycles. The maximum absolute atomic E-state index is 4.96. The van der Waals surface area contributed by atoms with Crippen molar-refractivity contribution in [3.8, 4) is 17.2 Å². The van der Waals surface area contributed by atoms with Crippen molar-refractivity contribution in [3.63, 3.8) is 0 Å². The Morgan fingerprint density at radius 2 is 2.04 bits per heavy atom. The average molecular weight is 347 g/mol. The average Bonchev–Trinajstić information content (AvgIpc) is 3.39. The minimum atomic E-state index is 0.194. The van der Waals surface area contributed by atoms with E-state index in [1.807, 2.05) is 29.0 Å². The summed E-state index contributed by atoms with van der Waals surface area (Å²) in [5.74, 6) is 2.63. The number of pyridine rings is 1. The summed E-state index contributed by atoms with van der Waals surface area (Å²) in [5, 5.41) is 8.57. The second-order valence-corrected chi connectivity index (χ2v) is 6.95. The van der Waals surface area contributed by atoms with Crippen molar-refractivity contribution in [1.29, 1.82) is 0 Å². The highest BCUT2D eigenvalue weighted by atomic mass is 15.4. The van der Waals surface area contributed by atoms with E-state index in [1.54, 1.807) is 12.5 Å². The van der Waals surface area contributed by atoms with E-state index in [1.165, 1.54) is 25.7 Å². The van der Waals surface area contributed by atoms with Crippen LogP contribution in [0.25, 0.3) is 17.2 Å². The molecule has 4 heterocycles. The lowest BCUT2D eigenvalue weighted by molar-refractivity contribution is 0.469. The van der Waals surface area contributed by atoms with Gasteiger partial charge < -0.3 is 4.90 Å². The second-order valence-electron chi connectivity index (χ2n) is 6.95. The molecule has 3 aromatic heterocycles. The highest BCUT2D eigenvalue weighted by Crippen LogP contribution is 2.42. The summed E-state index contributed by atoms with van der Waals surface area (Å²) in [7, 11) is 0. The molecule has 1 aliphatic carbocycles. The number of hydrogen-bond donors (Lipinski definition) is 0. The molecule has 3 aromatic rings. The van der Waals surface area contributed by atoms with Crippen LogP contribution in [-0.4, -0.2) is 35.8 Å². The normalized spacial score (nSPS) is 19.4. The van der Waals surface area contributed by atoms with Crippen molar-refractivity contribution in [2.75, 3.05) is 4.90 Å². The molecule has 0 amide bonds. The van der Waals surface area contributed by atoms with Crippen LogP contribution >= 0.6 is 0 Å². The first-order valence-electron chi connectivity index (χ1n) is 9.34. The smallest absolute Gasteiger partial charge is 0.180 e. The van der Waals surface area contributed by atoms with E-state index in [0.29, 0.717) is 11.9 Å². The lowest BCUT2D eigenvalue weighted by atomic mass is 10.0. The van der Waals surface area contributed by atoms with Crippen molar-refractivity contribution in [2.24, 2.45) is 0 Å². The zero-order valence-corrected chi connectivity index (χ0v) is 14.8. The molecular weight excluding hydrogens is 326 g/mol. The predicted octanol–water partition coefficient (Wildman–Crippen LogP) is 3.33. The van der Waals surface area contributed by atoms with Crippen LogP contribution in [0.4, 0.5) is 5.82 Å². The van der Waals surface area contributed by atoms with Crippen LogP contribution in [0.5, 0.6) is 0 Å². The molecule has 7 nitrogen and oxygen atoms in total. The number of hydrogen-bond acceptors (Lipinski definition) is 6. The molecule has 26 heavy (non-hydrogen) atoms. The second kappa shape index (κ2) is 6.16. The fraction of sp³-hybridized carbons (Fsp3) is 0.421. The van der Waals surface area contributed by atoms with E-state index in [9.17, 15) is 0 Å². The van der Waals surface area contributed by atoms with E-state index in [2.05, 4.69) is 32.0 Å². The molecule has 7 heteroatoms. The van der Waals surface area contributed by atoms with Crippen LogP contribution < -0.4 is 4.90 Å². The number of fused-ring (bicyclic) bond motifs is 3. The minimum Gasteiger partial charge on any atom is -0.341 e. The van der Waals surface area contributed by atoms with Gasteiger partial charge in [-0.3, -0.25) is 9.55 Å². The number of anilines is 1. The summed E-state index contributed by atoms with van der Waals surface area (Å²) in [6.45, 7) is 2.21. The summed E-state index contributed by atoms with van der Waals surface area (Å²) >= 11 is 0. The van der Waals surface area contributed by atoms with E-state index >= 15 is 0 Å². The molecule has 0 bridgehead atoms. The van der Waals surface area contributed by atoms with Gasteiger partial charge in [-0.25, -0.2) is 9.97 Å². The zero-order chi connectivity index (χ0) is 17.5. The first-order chi connectivity index (χ1) is 12.9. The molecule has 2 aliphatic rings. The lowest BCUT2D eigenvalue weighted by Crippen LogP contribution is -2.42. The number of rotatable bonds is 3. The van der Waals surface area contributed by atoms with Gasteiger partial charge in [0.2, 0.25) is 0 Å². The van der Waals surface area contributed by atoms with Gasteiger partial charge in [0.25, 0.3) is 0 Å². The Kier molecular flexibility index (Phi) is 3.65. The molecule has 0 N–H and O–H groups in total. The fourth-order valence-corrected chi connectivity index (χ4v) is 4.26. The SMILES string of the molecule is CC[C@@H]1c2nncn2-c2cnc(-c3ccccn3)nc2N1C1CCCC1. The Morgan fingerprint density at radius 1 is 1.15 bits per heavy atom. The summed E-state index contributed by atoms with van der Waals surface area (Å²) in [5.41, 5.74) is 1.76. The molecule has 1 aliphatic heterocycles. The monoisotopic (exact) mass is 347 g/mol. The molecule has 5 rings (SSSR count). The van der Waals surface area contributed by atoms with Crippen molar-refractivity contribution < 1.29 is 0 Å². The Balaban J connectivity index is 1.69. The molecule has 0 aromatic carbocycles. The molecule has 0 saturated heterocycles. The Bertz CT molecular complexity index is 915. The Morgan fingerprint density at radius 3 is 2.81 bits per heavy atom. The summed E-state index contributed by atoms with van der Waals surface area (Å²) < 4.78 is 2.04. The topological polar surface area (TPSA) is 72.6 Å². The third-order valence-electron chi connectivity index (χ3n) is 5.46. The third-order valence-corrected chi connectivity index (χ3v) is 5.46. The van der Waals surface area contributed by atoms with E-state index in [-0.39, 0.29) is 6.04 Å². The first kappa shape index (κ1) is 15.4. The Labute approximate surface area is 152 Å². The van der Waals surface area contributed by atoms with Gasteiger partial charge in [0, 0.05) is 12.2 Å². The van der Waals surface area contributed by atoms with Gasteiger partial charge in [-0.1, -0.05) is 25.8 Å². The molecule has 132 valence electrons. The van der Waals surface area contributed by atoms with Crippen LogP contribution in [0.3, 0.4) is 0 Å². The van der Waals surface area contributed by atoms with E-state index in [4.69, 9.17) is 4.98 Å². The molecular formula is C19H21N7. The van der Waals surface area contributed by atoms with Crippen LogP contribution in [0.2, 0.25) is 0 Å². The number of nitrogens with zero attached hydrogens (tertiary/aromatic N) is 7. The van der Waals surface area contributed by atoms with Crippen LogP contribution in [0.1, 0.15) is 50.9 Å². The van der Waals surface area contributed by atoms with Gasteiger partial charge in [-0.15, -0.1) is 10.2 Å². The maximum atomic E-state index is 4.96. The van der Waals surface area contributed by atoms with Crippen molar-refractivity contribution in [3.05, 3.63) is 42.7 Å². The van der Waals surface area contributed by atoms with Crippen molar-refractivity contribution in [1.82, 2.24) is 29.7 Å². The van der Waals surface area contributed by atoms with Crippen molar-refractivity contribution >= 4 is 5.82 Å². The first-order valence-corrected chi connectivity index (χ1v) is 9.34. The van der Waals surface area contributed by atoms with Crippen LogP contribution in [-0.2, 0) is 0 Å². The van der Waals surface area contributed by atoms with E-state index < -0.39 is 0 Å². The Hall–Kier alpha value is -2.83. The van der Waals surface area contributed by atoms with Gasteiger partial charge in [-0.05, 0) is 31.4 Å². The maximum Gasteiger partial charge on any atom is 0.180 e. The molecule has 0 spiro atoms. The molecule has 1 atom stereocenters. The standard InChI is InChI=1S/C19H21N7/c1-2-15-19-24-22-12-25(19)16-11-21-17(14-9-5-6-10-20-14)23-18(16)26(15)13-7-3-4-8-13/h5-6,9-13,15H,2-4,7-8H2,1H3/t15-/m1/s1. The van der Waals surface area contributed by atoms with Crippen LogP contribution in [0, 0.1) is 0 Å². The van der Waals surface area contributed by atoms with Gasteiger partial charge in [-0.2, -0.15) is 0 Å². The van der Waals surface area contributed by atoms with Crippen molar-refractivity contribution in [2.45, 2.75) is 51.1 Å². The fourth-order valence-electron chi connectivity index (χ4n) is 4.26. The predicted molar refractivity (Wildman–Crippen MR) is 97.9 cm³/mol. The summed E-state index contributed by atoms with van der Waals surface area (Å²) in [4.78, 5) is 16.4. The molecule has 0 radical (unpaired) electrons. The largest absolute Gasteiger partial charge is 0.341 e. The van der Waals surface area contributed by atoms with Gasteiger partial charge >= 0.3 is 0 Å².